The second-order valence-electron chi connectivity index (χ2n) is 6.64. The molecule has 8 heteroatoms. The van der Waals surface area contributed by atoms with E-state index in [1.54, 1.807) is 23.2 Å². The maximum Gasteiger partial charge on any atom is 0.256 e. The Hall–Kier alpha value is -3.68. The molecule has 4 heterocycles. The molecular weight excluding hydrogens is 372 g/mol. The molecule has 1 N–H and O–H groups in total. The third-order valence-electron chi connectivity index (χ3n) is 4.78. The largest absolute Gasteiger partial charge is 0.481 e. The van der Waals surface area contributed by atoms with Crippen LogP contribution in [0.15, 0.2) is 53.5 Å². The van der Waals surface area contributed by atoms with Gasteiger partial charge in [0.15, 0.2) is 0 Å². The van der Waals surface area contributed by atoms with Gasteiger partial charge in [-0.15, -0.1) is 0 Å². The highest BCUT2D eigenvalue weighted by atomic mass is 16.5. The number of hydrogen-bond donors (Lipinski definition) is 1. The summed E-state index contributed by atoms with van der Waals surface area (Å²) in [6, 6.07) is 9.06. The first-order valence-corrected chi connectivity index (χ1v) is 9.22. The number of nitrogens with zero attached hydrogens (tertiary/aromatic N) is 3. The second kappa shape index (κ2) is 8.14. The van der Waals surface area contributed by atoms with Crippen LogP contribution in [0.2, 0.25) is 0 Å². The van der Waals surface area contributed by atoms with Crippen LogP contribution in [-0.4, -0.2) is 40.3 Å². The molecule has 0 fully saturated rings. The van der Waals surface area contributed by atoms with Crippen molar-refractivity contribution in [1.29, 1.82) is 0 Å². The Labute approximate surface area is 167 Å². The monoisotopic (exact) mass is 392 g/mol. The zero-order chi connectivity index (χ0) is 20.2. The first-order chi connectivity index (χ1) is 14.2. The van der Waals surface area contributed by atoms with Gasteiger partial charge in [-0.1, -0.05) is 6.07 Å². The summed E-state index contributed by atoms with van der Waals surface area (Å²) in [5.41, 5.74) is 3.22. The summed E-state index contributed by atoms with van der Waals surface area (Å²) in [7, 11) is 1.52. The number of pyridine rings is 2. The number of carbonyl (C=O) groups excluding carboxylic acids is 2. The number of aromatic nitrogens is 2. The van der Waals surface area contributed by atoms with E-state index in [4.69, 9.17) is 9.15 Å². The van der Waals surface area contributed by atoms with Gasteiger partial charge in [-0.3, -0.25) is 14.6 Å². The van der Waals surface area contributed by atoms with Gasteiger partial charge in [0.05, 0.1) is 36.7 Å². The van der Waals surface area contributed by atoms with Gasteiger partial charge in [-0.2, -0.15) is 0 Å². The molecule has 3 aromatic heterocycles. The van der Waals surface area contributed by atoms with Gasteiger partial charge < -0.3 is 19.4 Å². The van der Waals surface area contributed by atoms with E-state index < -0.39 is 0 Å². The van der Waals surface area contributed by atoms with Crippen molar-refractivity contribution in [3.63, 3.8) is 0 Å². The van der Waals surface area contributed by atoms with Crippen LogP contribution in [0.5, 0.6) is 5.88 Å². The van der Waals surface area contributed by atoms with E-state index in [1.807, 2.05) is 18.2 Å². The Balaban J connectivity index is 1.46. The van der Waals surface area contributed by atoms with Crippen LogP contribution in [0, 0.1) is 0 Å². The highest BCUT2D eigenvalue weighted by molar-refractivity contribution is 5.98. The molecule has 0 unspecified atom stereocenters. The summed E-state index contributed by atoms with van der Waals surface area (Å²) >= 11 is 0. The molecule has 0 atom stereocenters. The topological polar surface area (TPSA) is 97.6 Å². The molecule has 0 saturated carbocycles. The summed E-state index contributed by atoms with van der Waals surface area (Å²) < 4.78 is 10.3. The zero-order valence-electron chi connectivity index (χ0n) is 15.9. The van der Waals surface area contributed by atoms with Crippen molar-refractivity contribution in [1.82, 2.24) is 20.2 Å². The molecule has 8 nitrogen and oxygen atoms in total. The molecule has 4 rings (SSSR count). The van der Waals surface area contributed by atoms with Gasteiger partial charge in [-0.05, 0) is 24.3 Å². The summed E-state index contributed by atoms with van der Waals surface area (Å²) in [6.45, 7) is 1.18. The Morgan fingerprint density at radius 3 is 2.97 bits per heavy atom. The van der Waals surface area contributed by atoms with Crippen molar-refractivity contribution >= 4 is 11.8 Å². The average molecular weight is 392 g/mol. The number of furan rings is 1. The van der Waals surface area contributed by atoms with Gasteiger partial charge >= 0.3 is 0 Å². The molecule has 0 radical (unpaired) electrons. The number of fused-ring (bicyclic) bond motifs is 1. The van der Waals surface area contributed by atoms with E-state index in [-0.39, 0.29) is 18.4 Å². The molecule has 0 saturated heterocycles. The van der Waals surface area contributed by atoms with Gasteiger partial charge in [0.1, 0.15) is 6.26 Å². The first kappa shape index (κ1) is 18.7. The van der Waals surface area contributed by atoms with Crippen LogP contribution in [-0.2, 0) is 19.5 Å². The SMILES string of the molecule is COc1nc2c(cc1CNC(=O)c1ccoc1)C(=O)N(CCc1ccccn1)C2. The molecular formula is C21H20N4O4. The van der Waals surface area contributed by atoms with Crippen molar-refractivity contribution in [2.45, 2.75) is 19.5 Å². The quantitative estimate of drug-likeness (QED) is 0.662. The minimum atomic E-state index is -0.274. The van der Waals surface area contributed by atoms with Crippen LogP contribution < -0.4 is 10.1 Å². The highest BCUT2D eigenvalue weighted by Gasteiger charge is 2.30. The van der Waals surface area contributed by atoms with Gasteiger partial charge in [0.2, 0.25) is 5.88 Å². The summed E-state index contributed by atoms with van der Waals surface area (Å²) in [4.78, 5) is 35.5. The van der Waals surface area contributed by atoms with Gasteiger partial charge in [0.25, 0.3) is 11.8 Å². The van der Waals surface area contributed by atoms with Gasteiger partial charge in [-0.25, -0.2) is 4.98 Å². The van der Waals surface area contributed by atoms with E-state index in [0.717, 1.165) is 5.69 Å². The van der Waals surface area contributed by atoms with Crippen LogP contribution in [0.4, 0.5) is 0 Å². The van der Waals surface area contributed by atoms with Crippen LogP contribution in [0.25, 0.3) is 0 Å². The lowest BCUT2D eigenvalue weighted by Crippen LogP contribution is -2.26. The zero-order valence-corrected chi connectivity index (χ0v) is 15.9. The van der Waals surface area contributed by atoms with Crippen molar-refractivity contribution in [2.24, 2.45) is 0 Å². The molecule has 0 aliphatic carbocycles. The van der Waals surface area contributed by atoms with Crippen LogP contribution in [0.3, 0.4) is 0 Å². The number of ether oxygens (including phenoxy) is 1. The van der Waals surface area contributed by atoms with Crippen molar-refractivity contribution in [3.8, 4) is 5.88 Å². The fourth-order valence-corrected chi connectivity index (χ4v) is 3.25. The second-order valence-corrected chi connectivity index (χ2v) is 6.64. The minimum Gasteiger partial charge on any atom is -0.481 e. The molecule has 0 bridgehead atoms. The van der Waals surface area contributed by atoms with E-state index >= 15 is 0 Å². The lowest BCUT2D eigenvalue weighted by atomic mass is 10.1. The van der Waals surface area contributed by atoms with E-state index in [9.17, 15) is 9.59 Å². The van der Waals surface area contributed by atoms with E-state index in [0.29, 0.717) is 47.8 Å². The molecule has 0 spiro atoms. The highest BCUT2D eigenvalue weighted by Crippen LogP contribution is 2.27. The third-order valence-corrected chi connectivity index (χ3v) is 4.78. The smallest absolute Gasteiger partial charge is 0.256 e. The molecule has 148 valence electrons. The number of hydrogen-bond acceptors (Lipinski definition) is 6. The maximum atomic E-state index is 12.8. The lowest BCUT2D eigenvalue weighted by Gasteiger charge is -2.14. The Kier molecular flexibility index (Phi) is 5.24. The Morgan fingerprint density at radius 1 is 1.34 bits per heavy atom. The predicted molar refractivity (Wildman–Crippen MR) is 103 cm³/mol. The van der Waals surface area contributed by atoms with Crippen molar-refractivity contribution in [3.05, 3.63) is 77.1 Å². The minimum absolute atomic E-state index is 0.0755. The third kappa shape index (κ3) is 3.96. The maximum absolute atomic E-state index is 12.8. The summed E-state index contributed by atoms with van der Waals surface area (Å²) in [6.07, 6.45) is 5.22. The predicted octanol–water partition coefficient (Wildman–Crippen LogP) is 2.21. The van der Waals surface area contributed by atoms with E-state index in [2.05, 4.69) is 15.3 Å². The molecule has 1 aliphatic rings. The van der Waals surface area contributed by atoms with Crippen LogP contribution >= 0.6 is 0 Å². The molecule has 0 aromatic carbocycles. The number of nitrogens with one attached hydrogen (secondary N) is 1. The molecule has 2 amide bonds. The Bertz CT molecular complexity index is 1020. The number of rotatable bonds is 7. The normalized spacial score (nSPS) is 12.7. The van der Waals surface area contributed by atoms with Gasteiger partial charge in [0, 0.05) is 37.0 Å². The van der Waals surface area contributed by atoms with Crippen LogP contribution in [0.1, 0.15) is 37.7 Å². The van der Waals surface area contributed by atoms with Crippen molar-refractivity contribution in [2.75, 3.05) is 13.7 Å². The average Bonchev–Trinajstić information content (AvgIpc) is 3.39. The molecule has 3 aromatic rings. The van der Waals surface area contributed by atoms with E-state index in [1.165, 1.54) is 19.6 Å². The number of amides is 2. The molecule has 29 heavy (non-hydrogen) atoms. The first-order valence-electron chi connectivity index (χ1n) is 9.22. The van der Waals surface area contributed by atoms with Crippen molar-refractivity contribution < 1.29 is 18.7 Å². The Morgan fingerprint density at radius 2 is 2.24 bits per heavy atom. The summed E-state index contributed by atoms with van der Waals surface area (Å²) in [5.74, 6) is 0.0498. The summed E-state index contributed by atoms with van der Waals surface area (Å²) in [5, 5.41) is 2.79. The molecule has 1 aliphatic heterocycles. The lowest BCUT2D eigenvalue weighted by molar-refractivity contribution is 0.0779. The standard InChI is InChI=1S/C21H20N4O4/c1-28-20-15(11-23-19(26)14-6-9-29-13-14)10-17-18(24-20)12-25(21(17)27)8-5-16-4-2-3-7-22-16/h2-4,6-7,9-10,13H,5,8,11-12H2,1H3,(H,23,26). The number of carbonyl (C=O) groups is 2. The fourth-order valence-electron chi connectivity index (χ4n) is 3.25. The number of methoxy groups -OCH3 is 1. The fraction of sp³-hybridized carbons (Fsp3) is 0.238.